The third-order valence-corrected chi connectivity index (χ3v) is 4.04. The highest BCUT2D eigenvalue weighted by Crippen LogP contribution is 2.17. The SMILES string of the molecule is Cc1ccc(Cn2[nH]c(N)cc2=O)cc1S(C)(=O)=O. The quantitative estimate of drug-likeness (QED) is 0.856. The van der Waals surface area contributed by atoms with Gasteiger partial charge in [0.1, 0.15) is 5.82 Å². The van der Waals surface area contributed by atoms with Crippen LogP contribution in [0.1, 0.15) is 11.1 Å². The van der Waals surface area contributed by atoms with Gasteiger partial charge >= 0.3 is 0 Å². The monoisotopic (exact) mass is 281 g/mol. The van der Waals surface area contributed by atoms with Crippen LogP contribution in [0.2, 0.25) is 0 Å². The second-order valence-electron chi connectivity index (χ2n) is 4.51. The van der Waals surface area contributed by atoms with E-state index in [1.54, 1.807) is 25.1 Å². The van der Waals surface area contributed by atoms with E-state index in [-0.39, 0.29) is 22.8 Å². The molecular formula is C12H15N3O3S. The molecule has 2 rings (SSSR count). The van der Waals surface area contributed by atoms with Gasteiger partial charge < -0.3 is 5.73 Å². The molecule has 0 amide bonds. The van der Waals surface area contributed by atoms with Crippen molar-refractivity contribution in [3.05, 3.63) is 45.7 Å². The fraction of sp³-hybridized carbons (Fsp3) is 0.250. The van der Waals surface area contributed by atoms with Gasteiger partial charge in [-0.15, -0.1) is 0 Å². The molecule has 0 saturated heterocycles. The van der Waals surface area contributed by atoms with Crippen molar-refractivity contribution in [3.8, 4) is 0 Å². The van der Waals surface area contributed by atoms with Crippen molar-refractivity contribution in [2.45, 2.75) is 18.4 Å². The Kier molecular flexibility index (Phi) is 3.23. The van der Waals surface area contributed by atoms with Crippen LogP contribution in [-0.4, -0.2) is 24.5 Å². The zero-order chi connectivity index (χ0) is 14.2. The van der Waals surface area contributed by atoms with Gasteiger partial charge in [0.15, 0.2) is 9.84 Å². The van der Waals surface area contributed by atoms with Gasteiger partial charge in [0, 0.05) is 12.3 Å². The third kappa shape index (κ3) is 2.87. The lowest BCUT2D eigenvalue weighted by Crippen LogP contribution is -2.17. The molecule has 0 fully saturated rings. The van der Waals surface area contributed by atoms with Gasteiger partial charge in [0.25, 0.3) is 5.56 Å². The van der Waals surface area contributed by atoms with Crippen molar-refractivity contribution in [2.24, 2.45) is 0 Å². The average Bonchev–Trinajstić information content (AvgIpc) is 2.58. The molecule has 0 spiro atoms. The van der Waals surface area contributed by atoms with Crippen LogP contribution in [0.4, 0.5) is 5.82 Å². The summed E-state index contributed by atoms with van der Waals surface area (Å²) in [4.78, 5) is 11.8. The molecule has 0 aliphatic heterocycles. The fourth-order valence-electron chi connectivity index (χ4n) is 1.90. The lowest BCUT2D eigenvalue weighted by Gasteiger charge is -2.07. The smallest absolute Gasteiger partial charge is 0.268 e. The van der Waals surface area contributed by atoms with Crippen LogP contribution in [0.15, 0.2) is 34.0 Å². The molecule has 1 aromatic carbocycles. The molecule has 0 aliphatic rings. The molecule has 0 bridgehead atoms. The number of sulfone groups is 1. The lowest BCUT2D eigenvalue weighted by atomic mass is 10.1. The second-order valence-corrected chi connectivity index (χ2v) is 6.49. The number of nitrogen functional groups attached to an aromatic ring is 1. The maximum absolute atomic E-state index is 11.6. The molecule has 3 N–H and O–H groups in total. The molecule has 0 radical (unpaired) electrons. The summed E-state index contributed by atoms with van der Waals surface area (Å²) < 4.78 is 24.6. The summed E-state index contributed by atoms with van der Waals surface area (Å²) in [6.45, 7) is 1.98. The van der Waals surface area contributed by atoms with Crippen molar-refractivity contribution in [2.75, 3.05) is 12.0 Å². The minimum Gasteiger partial charge on any atom is -0.384 e. The first-order valence-corrected chi connectivity index (χ1v) is 7.51. The van der Waals surface area contributed by atoms with Gasteiger partial charge in [0.2, 0.25) is 0 Å². The number of aryl methyl sites for hydroxylation is 1. The number of aromatic nitrogens is 2. The van der Waals surface area contributed by atoms with Crippen LogP contribution in [-0.2, 0) is 16.4 Å². The molecule has 0 atom stereocenters. The predicted molar refractivity (Wildman–Crippen MR) is 72.9 cm³/mol. The highest BCUT2D eigenvalue weighted by atomic mass is 32.2. The topological polar surface area (TPSA) is 97.9 Å². The summed E-state index contributed by atoms with van der Waals surface area (Å²) in [5.74, 6) is 0.278. The molecule has 1 aromatic heterocycles. The molecule has 0 unspecified atom stereocenters. The fourth-order valence-corrected chi connectivity index (χ4v) is 2.91. The van der Waals surface area contributed by atoms with Gasteiger partial charge in [0.05, 0.1) is 11.4 Å². The number of hydrogen-bond acceptors (Lipinski definition) is 4. The number of hydrogen-bond donors (Lipinski definition) is 2. The minimum absolute atomic E-state index is 0.249. The molecule has 0 saturated carbocycles. The van der Waals surface area contributed by atoms with E-state index >= 15 is 0 Å². The summed E-state index contributed by atoms with van der Waals surface area (Å²) in [5, 5.41) is 2.70. The van der Waals surface area contributed by atoms with E-state index in [4.69, 9.17) is 5.73 Å². The van der Waals surface area contributed by atoms with Crippen LogP contribution in [0.5, 0.6) is 0 Å². The molecular weight excluding hydrogens is 266 g/mol. The van der Waals surface area contributed by atoms with Gasteiger partial charge in [-0.05, 0) is 24.1 Å². The largest absolute Gasteiger partial charge is 0.384 e. The summed E-state index contributed by atoms with van der Waals surface area (Å²) >= 11 is 0. The number of anilines is 1. The Balaban J connectivity index is 2.43. The van der Waals surface area contributed by atoms with E-state index in [0.717, 1.165) is 11.8 Å². The Morgan fingerprint density at radius 2 is 2.00 bits per heavy atom. The Bertz CT molecular complexity index is 772. The van der Waals surface area contributed by atoms with Crippen molar-refractivity contribution >= 4 is 15.7 Å². The molecule has 2 aromatic rings. The second kappa shape index (κ2) is 4.58. The number of nitrogens with one attached hydrogen (secondary N) is 1. The first-order chi connectivity index (χ1) is 8.77. The van der Waals surface area contributed by atoms with Crippen molar-refractivity contribution in [3.63, 3.8) is 0 Å². The Labute approximate surface area is 110 Å². The van der Waals surface area contributed by atoms with E-state index in [9.17, 15) is 13.2 Å². The van der Waals surface area contributed by atoms with E-state index < -0.39 is 9.84 Å². The molecule has 0 aliphatic carbocycles. The van der Waals surface area contributed by atoms with Gasteiger partial charge in [-0.25, -0.2) is 13.1 Å². The van der Waals surface area contributed by atoms with E-state index in [1.165, 1.54) is 10.7 Å². The molecule has 102 valence electrons. The van der Waals surface area contributed by atoms with Crippen LogP contribution in [0.25, 0.3) is 0 Å². The van der Waals surface area contributed by atoms with Gasteiger partial charge in [-0.1, -0.05) is 12.1 Å². The highest BCUT2D eigenvalue weighted by Gasteiger charge is 2.12. The van der Waals surface area contributed by atoms with Crippen LogP contribution in [0.3, 0.4) is 0 Å². The Morgan fingerprint density at radius 3 is 2.53 bits per heavy atom. The molecule has 1 heterocycles. The predicted octanol–water partition coefficient (Wildman–Crippen LogP) is 0.519. The number of nitrogens with zero attached hydrogens (tertiary/aromatic N) is 1. The highest BCUT2D eigenvalue weighted by molar-refractivity contribution is 7.90. The van der Waals surface area contributed by atoms with Crippen molar-refractivity contribution < 1.29 is 8.42 Å². The van der Waals surface area contributed by atoms with Crippen LogP contribution >= 0.6 is 0 Å². The van der Waals surface area contributed by atoms with Gasteiger partial charge in [-0.2, -0.15) is 0 Å². The summed E-state index contributed by atoms with van der Waals surface area (Å²) in [6.07, 6.45) is 1.16. The summed E-state index contributed by atoms with van der Waals surface area (Å²) in [6, 6.07) is 6.37. The number of benzene rings is 1. The summed E-state index contributed by atoms with van der Waals surface area (Å²) in [7, 11) is -3.28. The van der Waals surface area contributed by atoms with Gasteiger partial charge in [-0.3, -0.25) is 9.89 Å². The average molecular weight is 281 g/mol. The molecule has 7 heteroatoms. The summed E-state index contributed by atoms with van der Waals surface area (Å²) in [5.41, 5.74) is 6.64. The lowest BCUT2D eigenvalue weighted by molar-refractivity contribution is 0.600. The Morgan fingerprint density at radius 1 is 1.32 bits per heavy atom. The Hall–Kier alpha value is -2.02. The van der Waals surface area contributed by atoms with Crippen molar-refractivity contribution in [1.82, 2.24) is 9.78 Å². The first kappa shape index (κ1) is 13.4. The maximum atomic E-state index is 11.6. The van der Waals surface area contributed by atoms with E-state index in [1.807, 2.05) is 0 Å². The standard InChI is InChI=1S/C12H15N3O3S/c1-8-3-4-9(5-10(8)19(2,17)18)7-15-12(16)6-11(13)14-15/h3-6,14H,7,13H2,1-2H3. The van der Waals surface area contributed by atoms with E-state index in [0.29, 0.717) is 5.56 Å². The minimum atomic E-state index is -3.28. The van der Waals surface area contributed by atoms with Crippen LogP contribution in [0, 0.1) is 6.92 Å². The zero-order valence-electron chi connectivity index (χ0n) is 10.7. The molecule has 19 heavy (non-hydrogen) atoms. The first-order valence-electron chi connectivity index (χ1n) is 5.62. The van der Waals surface area contributed by atoms with Crippen molar-refractivity contribution in [1.29, 1.82) is 0 Å². The number of nitrogens with two attached hydrogens (primary N) is 1. The van der Waals surface area contributed by atoms with Crippen LogP contribution < -0.4 is 11.3 Å². The number of aromatic amines is 1. The zero-order valence-corrected chi connectivity index (χ0v) is 11.5. The number of rotatable bonds is 3. The van der Waals surface area contributed by atoms with E-state index in [2.05, 4.69) is 5.10 Å². The maximum Gasteiger partial charge on any atom is 0.268 e. The number of H-pyrrole nitrogens is 1. The third-order valence-electron chi connectivity index (χ3n) is 2.80. The molecule has 6 nitrogen and oxygen atoms in total. The normalized spacial score (nSPS) is 11.7.